The van der Waals surface area contributed by atoms with Crippen molar-refractivity contribution in [1.29, 1.82) is 0 Å². The van der Waals surface area contributed by atoms with Gasteiger partial charge in [-0.05, 0) is 49.1 Å². The van der Waals surface area contributed by atoms with E-state index in [-0.39, 0.29) is 12.0 Å². The molecule has 3 rings (SSSR count). The Morgan fingerprint density at radius 3 is 2.64 bits per heavy atom. The Morgan fingerprint density at radius 2 is 2.00 bits per heavy atom. The number of ether oxygens (including phenoxy) is 2. The van der Waals surface area contributed by atoms with Gasteiger partial charge in [0.2, 0.25) is 0 Å². The second-order valence-corrected chi connectivity index (χ2v) is 6.83. The molecule has 4 nitrogen and oxygen atoms in total. The van der Waals surface area contributed by atoms with Crippen LogP contribution in [0, 0.1) is 13.8 Å². The van der Waals surface area contributed by atoms with Crippen LogP contribution in [0.25, 0.3) is 0 Å². The Balaban J connectivity index is 1.67. The lowest BCUT2D eigenvalue weighted by Gasteiger charge is -2.16. The maximum atomic E-state index is 12.1. The molecule has 25 heavy (non-hydrogen) atoms. The van der Waals surface area contributed by atoms with E-state index in [9.17, 15) is 4.79 Å². The van der Waals surface area contributed by atoms with Crippen LogP contribution in [0.4, 0.5) is 0 Å². The Labute approximate surface area is 148 Å². The van der Waals surface area contributed by atoms with Gasteiger partial charge < -0.3 is 15.2 Å². The van der Waals surface area contributed by atoms with Gasteiger partial charge in [0.25, 0.3) is 0 Å². The average Bonchev–Trinajstić information content (AvgIpc) is 3.29. The van der Waals surface area contributed by atoms with E-state index in [4.69, 9.17) is 15.2 Å². The number of rotatable bonds is 6. The fourth-order valence-electron chi connectivity index (χ4n) is 3.42. The van der Waals surface area contributed by atoms with Crippen LogP contribution in [-0.2, 0) is 21.4 Å². The van der Waals surface area contributed by atoms with E-state index in [1.807, 2.05) is 24.3 Å². The molecule has 0 amide bonds. The summed E-state index contributed by atoms with van der Waals surface area (Å²) in [5.74, 6) is 0.483. The highest BCUT2D eigenvalue weighted by Gasteiger charge is 2.60. The lowest BCUT2D eigenvalue weighted by molar-refractivity contribution is -0.143. The molecule has 0 radical (unpaired) electrons. The predicted octanol–water partition coefficient (Wildman–Crippen LogP) is 3.07. The summed E-state index contributed by atoms with van der Waals surface area (Å²) in [6, 6.07) is 13.9. The molecule has 2 N–H and O–H groups in total. The van der Waals surface area contributed by atoms with Gasteiger partial charge in [0.15, 0.2) is 0 Å². The van der Waals surface area contributed by atoms with Crippen molar-refractivity contribution in [3.05, 3.63) is 64.7 Å². The van der Waals surface area contributed by atoms with Crippen molar-refractivity contribution >= 4 is 5.97 Å². The van der Waals surface area contributed by atoms with E-state index in [1.54, 1.807) is 0 Å². The van der Waals surface area contributed by atoms with E-state index in [2.05, 4.69) is 32.0 Å². The first-order valence-electron chi connectivity index (χ1n) is 8.61. The van der Waals surface area contributed by atoms with Gasteiger partial charge in [0.05, 0.1) is 13.7 Å². The summed E-state index contributed by atoms with van der Waals surface area (Å²) in [6.45, 7) is 4.81. The highest BCUT2D eigenvalue weighted by atomic mass is 16.5. The van der Waals surface area contributed by atoms with Crippen molar-refractivity contribution in [1.82, 2.24) is 0 Å². The average molecular weight is 339 g/mol. The lowest BCUT2D eigenvalue weighted by Crippen LogP contribution is -2.29. The molecule has 0 bridgehead atoms. The van der Waals surface area contributed by atoms with Gasteiger partial charge in [-0.2, -0.15) is 0 Å². The summed E-state index contributed by atoms with van der Waals surface area (Å²) in [5, 5.41) is 0. The highest BCUT2D eigenvalue weighted by Crippen LogP contribution is 2.48. The second-order valence-electron chi connectivity index (χ2n) is 6.83. The molecule has 1 saturated carbocycles. The number of benzene rings is 2. The number of aryl methyl sites for hydroxylation is 2. The molecule has 0 saturated heterocycles. The lowest BCUT2D eigenvalue weighted by atomic mass is 9.95. The van der Waals surface area contributed by atoms with Crippen LogP contribution in [0.5, 0.6) is 5.75 Å². The third kappa shape index (κ3) is 3.40. The summed E-state index contributed by atoms with van der Waals surface area (Å²) in [5.41, 5.74) is 10.0. The van der Waals surface area contributed by atoms with E-state index < -0.39 is 5.41 Å². The molecule has 0 unspecified atom stereocenters. The molecule has 0 spiro atoms. The van der Waals surface area contributed by atoms with Gasteiger partial charge in [0, 0.05) is 12.5 Å². The molecule has 1 aliphatic carbocycles. The summed E-state index contributed by atoms with van der Waals surface area (Å²) in [4.78, 5) is 12.1. The maximum absolute atomic E-state index is 12.1. The molecule has 1 aliphatic rings. The molecule has 1 fully saturated rings. The molecule has 2 aromatic rings. The molecular weight excluding hydrogens is 314 g/mol. The monoisotopic (exact) mass is 339 g/mol. The van der Waals surface area contributed by atoms with Crippen molar-refractivity contribution < 1.29 is 14.3 Å². The van der Waals surface area contributed by atoms with Gasteiger partial charge in [-0.15, -0.1) is 0 Å². The zero-order chi connectivity index (χ0) is 18.0. The van der Waals surface area contributed by atoms with Crippen LogP contribution < -0.4 is 10.5 Å². The van der Waals surface area contributed by atoms with E-state index in [0.29, 0.717) is 13.0 Å². The molecule has 2 aromatic carbocycles. The zero-order valence-corrected chi connectivity index (χ0v) is 15.0. The molecular formula is C21H25NO3. The summed E-state index contributed by atoms with van der Waals surface area (Å²) < 4.78 is 10.9. The Hall–Kier alpha value is -2.33. The summed E-state index contributed by atoms with van der Waals surface area (Å²) in [7, 11) is 1.40. The molecule has 132 valence electrons. The third-order valence-corrected chi connectivity index (χ3v) is 5.05. The Kier molecular flexibility index (Phi) is 4.82. The minimum atomic E-state index is -0.707. The van der Waals surface area contributed by atoms with Crippen LogP contribution in [0.3, 0.4) is 0 Å². The van der Waals surface area contributed by atoms with Gasteiger partial charge in [-0.1, -0.05) is 35.9 Å². The topological polar surface area (TPSA) is 61.5 Å². The molecule has 0 aromatic heterocycles. The van der Waals surface area contributed by atoms with Crippen LogP contribution >= 0.6 is 0 Å². The van der Waals surface area contributed by atoms with E-state index in [1.165, 1.54) is 23.8 Å². The first-order valence-corrected chi connectivity index (χ1v) is 8.61. The quantitative estimate of drug-likeness (QED) is 0.822. The van der Waals surface area contributed by atoms with Crippen molar-refractivity contribution in [2.45, 2.75) is 38.1 Å². The van der Waals surface area contributed by atoms with Crippen LogP contribution in [0.15, 0.2) is 42.5 Å². The third-order valence-electron chi connectivity index (χ3n) is 5.05. The molecule has 4 heteroatoms. The van der Waals surface area contributed by atoms with Crippen LogP contribution in [0.2, 0.25) is 0 Å². The minimum Gasteiger partial charge on any atom is -0.493 e. The molecule has 0 aliphatic heterocycles. The van der Waals surface area contributed by atoms with Crippen LogP contribution in [-0.4, -0.2) is 25.7 Å². The number of esters is 1. The predicted molar refractivity (Wildman–Crippen MR) is 97.8 cm³/mol. The number of hydrogen-bond donors (Lipinski definition) is 1. The zero-order valence-electron chi connectivity index (χ0n) is 15.0. The first kappa shape index (κ1) is 17.5. The standard InChI is InChI=1S/C21H25NO3/c1-14-7-8-16(15(2)11-14)9-10-25-18-6-4-5-17(12-18)21(13-19(21)22)20(23)24-3/h4-8,11-12,19H,9-10,13,22H2,1-3H3/t19-,21+/m1/s1. The fourth-order valence-corrected chi connectivity index (χ4v) is 3.42. The Bertz CT molecular complexity index is 786. The fraction of sp³-hybridized carbons (Fsp3) is 0.381. The smallest absolute Gasteiger partial charge is 0.317 e. The summed E-state index contributed by atoms with van der Waals surface area (Å²) in [6.07, 6.45) is 1.46. The largest absolute Gasteiger partial charge is 0.493 e. The van der Waals surface area contributed by atoms with Crippen molar-refractivity contribution in [3.8, 4) is 5.75 Å². The first-order chi connectivity index (χ1) is 12.0. The number of nitrogens with two attached hydrogens (primary N) is 1. The SMILES string of the molecule is COC(=O)[C@]1(c2cccc(OCCc3ccc(C)cc3C)c2)C[C@H]1N. The Morgan fingerprint density at radius 1 is 1.24 bits per heavy atom. The van der Waals surface area contributed by atoms with Crippen molar-refractivity contribution in [2.75, 3.05) is 13.7 Å². The van der Waals surface area contributed by atoms with Crippen molar-refractivity contribution in [2.24, 2.45) is 5.73 Å². The minimum absolute atomic E-state index is 0.189. The van der Waals surface area contributed by atoms with Gasteiger partial charge >= 0.3 is 5.97 Å². The van der Waals surface area contributed by atoms with E-state index in [0.717, 1.165) is 17.7 Å². The number of carbonyl (C=O) groups is 1. The number of methoxy groups -OCH3 is 1. The molecule has 0 heterocycles. The van der Waals surface area contributed by atoms with Gasteiger partial charge in [-0.25, -0.2) is 0 Å². The van der Waals surface area contributed by atoms with Gasteiger partial charge in [-0.3, -0.25) is 4.79 Å². The normalized spacial score (nSPS) is 21.7. The van der Waals surface area contributed by atoms with E-state index >= 15 is 0 Å². The maximum Gasteiger partial charge on any atom is 0.317 e. The van der Waals surface area contributed by atoms with Crippen molar-refractivity contribution in [3.63, 3.8) is 0 Å². The number of hydrogen-bond acceptors (Lipinski definition) is 4. The van der Waals surface area contributed by atoms with Gasteiger partial charge in [0.1, 0.15) is 11.2 Å². The van der Waals surface area contributed by atoms with Crippen LogP contribution in [0.1, 0.15) is 28.7 Å². The highest BCUT2D eigenvalue weighted by molar-refractivity contribution is 5.88. The molecule has 2 atom stereocenters. The number of carbonyl (C=O) groups excluding carboxylic acids is 1. The second kappa shape index (κ2) is 6.89. The summed E-state index contributed by atoms with van der Waals surface area (Å²) >= 11 is 0.